The molecule has 204 valence electrons. The Labute approximate surface area is 240 Å². The molecule has 5 aromatic rings. The number of fused-ring (bicyclic) bond motifs is 2. The van der Waals surface area contributed by atoms with Crippen LogP contribution in [0.1, 0.15) is 31.1 Å². The molecule has 0 aliphatic carbocycles. The Kier molecular flexibility index (Phi) is 7.07. The van der Waals surface area contributed by atoms with E-state index in [-0.39, 0.29) is 12.2 Å². The quantitative estimate of drug-likeness (QED) is 0.272. The van der Waals surface area contributed by atoms with Crippen molar-refractivity contribution in [3.63, 3.8) is 0 Å². The fraction of sp³-hybridized carbons (Fsp3) is 0.152. The minimum atomic E-state index is -0.692. The first-order valence-corrected chi connectivity index (χ1v) is 14.1. The van der Waals surface area contributed by atoms with Crippen molar-refractivity contribution in [1.29, 1.82) is 0 Å². The zero-order valence-corrected chi connectivity index (χ0v) is 23.6. The molecule has 3 heterocycles. The average molecular weight is 562 g/mol. The summed E-state index contributed by atoms with van der Waals surface area (Å²) in [5.41, 5.74) is 4.97. The predicted octanol–water partition coefficient (Wildman–Crippen LogP) is 5.02. The number of esters is 1. The number of ether oxygens (including phenoxy) is 2. The fourth-order valence-electron chi connectivity index (χ4n) is 5.15. The third-order valence-electron chi connectivity index (χ3n) is 7.05. The molecule has 7 nitrogen and oxygen atoms in total. The Morgan fingerprint density at radius 3 is 2.49 bits per heavy atom. The summed E-state index contributed by atoms with van der Waals surface area (Å²) in [5.74, 6) is 0.184. The van der Waals surface area contributed by atoms with Gasteiger partial charge in [-0.25, -0.2) is 14.8 Å². The minimum Gasteiger partial charge on any atom is -0.497 e. The number of nitrogens with zero attached hydrogens (tertiary/aromatic N) is 3. The van der Waals surface area contributed by atoms with E-state index in [0.717, 1.165) is 27.6 Å². The van der Waals surface area contributed by atoms with Crippen molar-refractivity contribution in [2.45, 2.75) is 19.9 Å². The molecule has 1 aliphatic rings. The van der Waals surface area contributed by atoms with Gasteiger partial charge in [-0.15, -0.1) is 0 Å². The molecule has 2 aromatic heterocycles. The van der Waals surface area contributed by atoms with Gasteiger partial charge in [0.15, 0.2) is 4.80 Å². The van der Waals surface area contributed by atoms with Gasteiger partial charge in [-0.3, -0.25) is 9.36 Å². The van der Waals surface area contributed by atoms with Crippen LogP contribution in [0, 0.1) is 0 Å². The highest BCUT2D eigenvalue weighted by Gasteiger charge is 2.33. The monoisotopic (exact) mass is 561 g/mol. The second kappa shape index (κ2) is 11.0. The Hall–Kier alpha value is -4.82. The van der Waals surface area contributed by atoms with Gasteiger partial charge in [-0.1, -0.05) is 72.0 Å². The molecule has 0 saturated heterocycles. The van der Waals surface area contributed by atoms with Gasteiger partial charge >= 0.3 is 5.97 Å². The van der Waals surface area contributed by atoms with E-state index < -0.39 is 12.0 Å². The molecule has 0 saturated carbocycles. The van der Waals surface area contributed by atoms with Gasteiger partial charge in [-0.2, -0.15) is 0 Å². The molecule has 0 unspecified atom stereocenters. The largest absolute Gasteiger partial charge is 0.497 e. The average Bonchev–Trinajstić information content (AvgIpc) is 3.30. The second-order valence-electron chi connectivity index (χ2n) is 9.55. The zero-order chi connectivity index (χ0) is 28.5. The summed E-state index contributed by atoms with van der Waals surface area (Å²) in [6, 6.07) is 26.8. The van der Waals surface area contributed by atoms with Crippen LogP contribution in [-0.4, -0.2) is 29.2 Å². The Bertz CT molecular complexity index is 1990. The number of carbonyl (C=O) groups excluding carboxylic acids is 1. The normalized spacial score (nSPS) is 15.0. The van der Waals surface area contributed by atoms with E-state index in [1.165, 1.54) is 11.3 Å². The molecule has 0 N–H and O–H groups in total. The number of benzene rings is 3. The molecule has 1 atom stereocenters. The number of para-hydroxylation sites is 1. The van der Waals surface area contributed by atoms with Crippen LogP contribution >= 0.6 is 11.3 Å². The highest BCUT2D eigenvalue weighted by molar-refractivity contribution is 7.07. The van der Waals surface area contributed by atoms with Crippen LogP contribution in [0.15, 0.2) is 106 Å². The summed E-state index contributed by atoms with van der Waals surface area (Å²) in [6.07, 6.45) is 1.80. The lowest BCUT2D eigenvalue weighted by Crippen LogP contribution is -2.39. The number of rotatable bonds is 6. The first-order chi connectivity index (χ1) is 20.0. The molecule has 0 radical (unpaired) electrons. The lowest BCUT2D eigenvalue weighted by molar-refractivity contribution is -0.139. The molecular weight excluding hydrogens is 534 g/mol. The van der Waals surface area contributed by atoms with Gasteiger partial charge in [0.05, 0.1) is 46.8 Å². The lowest BCUT2D eigenvalue weighted by Gasteiger charge is -2.24. The van der Waals surface area contributed by atoms with Crippen LogP contribution < -0.4 is 19.6 Å². The third kappa shape index (κ3) is 4.87. The van der Waals surface area contributed by atoms with Crippen LogP contribution in [0.2, 0.25) is 0 Å². The maximum atomic E-state index is 14.0. The number of allylic oxidation sites excluding steroid dienone is 1. The summed E-state index contributed by atoms with van der Waals surface area (Å²) >= 11 is 1.28. The standard InChI is InChI=1S/C33H27N3O4S/c1-4-40-32(38)29-20(2)34-33-36(30(29)22-14-16-24(39-3)17-15-22)31(37)28(41-33)19-23-18-26(21-10-6-5-7-11-21)25-12-8-9-13-27(25)35-23/h5-19,30H,4H2,1-3H3/b28-19+/t30-/m1/s1. The number of methoxy groups -OCH3 is 1. The van der Waals surface area contributed by atoms with Crippen molar-refractivity contribution in [2.75, 3.05) is 13.7 Å². The molecule has 0 bridgehead atoms. The smallest absolute Gasteiger partial charge is 0.338 e. The summed E-state index contributed by atoms with van der Waals surface area (Å²) in [4.78, 5) is 37.2. The van der Waals surface area contributed by atoms with Gasteiger partial charge in [0.1, 0.15) is 5.75 Å². The molecular formula is C33H27N3O4S. The van der Waals surface area contributed by atoms with Crippen LogP contribution in [0.3, 0.4) is 0 Å². The summed E-state index contributed by atoms with van der Waals surface area (Å²) in [7, 11) is 1.59. The van der Waals surface area contributed by atoms with Gasteiger partial charge in [0.2, 0.25) is 0 Å². The third-order valence-corrected chi connectivity index (χ3v) is 8.03. The molecule has 3 aromatic carbocycles. The predicted molar refractivity (Wildman–Crippen MR) is 161 cm³/mol. The first kappa shape index (κ1) is 26.4. The van der Waals surface area contributed by atoms with Crippen molar-refractivity contribution in [3.05, 3.63) is 127 Å². The number of hydrogen-bond acceptors (Lipinski definition) is 7. The van der Waals surface area contributed by atoms with Gasteiger partial charge < -0.3 is 9.47 Å². The summed E-state index contributed by atoms with van der Waals surface area (Å²) in [6.45, 7) is 3.75. The van der Waals surface area contributed by atoms with E-state index in [9.17, 15) is 9.59 Å². The molecule has 8 heteroatoms. The van der Waals surface area contributed by atoms with E-state index >= 15 is 0 Å². The van der Waals surface area contributed by atoms with Crippen molar-refractivity contribution in [3.8, 4) is 16.9 Å². The molecule has 1 aliphatic heterocycles. The van der Waals surface area contributed by atoms with E-state index in [1.54, 1.807) is 31.6 Å². The SMILES string of the molecule is CCOC(=O)C1=C(C)N=c2s/c(=C/c3cc(-c4ccccc4)c4ccccc4n3)c(=O)n2[C@@H]1c1ccc(OC)cc1. The zero-order valence-electron chi connectivity index (χ0n) is 22.8. The van der Waals surface area contributed by atoms with Crippen molar-refractivity contribution in [2.24, 2.45) is 4.99 Å². The van der Waals surface area contributed by atoms with Crippen LogP contribution in [0.5, 0.6) is 5.75 Å². The van der Waals surface area contributed by atoms with Crippen LogP contribution in [-0.2, 0) is 9.53 Å². The van der Waals surface area contributed by atoms with Crippen LogP contribution in [0.25, 0.3) is 28.1 Å². The minimum absolute atomic E-state index is 0.215. The Balaban J connectivity index is 1.55. The molecule has 41 heavy (non-hydrogen) atoms. The first-order valence-electron chi connectivity index (χ1n) is 13.3. The van der Waals surface area contributed by atoms with E-state index in [0.29, 0.717) is 32.0 Å². The summed E-state index contributed by atoms with van der Waals surface area (Å²) in [5, 5.41) is 1.03. The topological polar surface area (TPSA) is 82.8 Å². The van der Waals surface area contributed by atoms with Gasteiger partial charge in [-0.05, 0) is 60.9 Å². The number of hydrogen-bond donors (Lipinski definition) is 0. The van der Waals surface area contributed by atoms with E-state index in [1.807, 2.05) is 66.7 Å². The van der Waals surface area contributed by atoms with Gasteiger partial charge in [0.25, 0.3) is 5.56 Å². The Morgan fingerprint density at radius 1 is 1.02 bits per heavy atom. The van der Waals surface area contributed by atoms with Crippen molar-refractivity contribution < 1.29 is 14.3 Å². The maximum absolute atomic E-state index is 14.0. The summed E-state index contributed by atoms with van der Waals surface area (Å²) < 4.78 is 12.8. The highest BCUT2D eigenvalue weighted by atomic mass is 32.1. The molecule has 0 amide bonds. The number of pyridine rings is 1. The van der Waals surface area contributed by atoms with E-state index in [2.05, 4.69) is 23.2 Å². The second-order valence-corrected chi connectivity index (χ2v) is 10.6. The number of thiazole rings is 1. The van der Waals surface area contributed by atoms with Crippen LogP contribution in [0.4, 0.5) is 0 Å². The van der Waals surface area contributed by atoms with Crippen molar-refractivity contribution >= 4 is 34.3 Å². The maximum Gasteiger partial charge on any atom is 0.338 e. The van der Waals surface area contributed by atoms with E-state index in [4.69, 9.17) is 14.5 Å². The molecule has 0 fully saturated rings. The Morgan fingerprint density at radius 2 is 1.76 bits per heavy atom. The lowest BCUT2D eigenvalue weighted by atomic mass is 9.96. The molecule has 0 spiro atoms. The number of carbonyl (C=O) groups is 1. The molecule has 6 rings (SSSR count). The van der Waals surface area contributed by atoms with Gasteiger partial charge in [0, 0.05) is 5.39 Å². The van der Waals surface area contributed by atoms with Crippen molar-refractivity contribution in [1.82, 2.24) is 9.55 Å². The number of aromatic nitrogens is 2. The fourth-order valence-corrected chi connectivity index (χ4v) is 6.19. The highest BCUT2D eigenvalue weighted by Crippen LogP contribution is 2.32.